The van der Waals surface area contributed by atoms with Gasteiger partial charge in [0.2, 0.25) is 0 Å². The second kappa shape index (κ2) is 6.47. The van der Waals surface area contributed by atoms with E-state index in [1.807, 2.05) is 13.8 Å². The maximum absolute atomic E-state index is 13.6. The van der Waals surface area contributed by atoms with Gasteiger partial charge in [-0.25, -0.2) is 8.78 Å². The topological polar surface area (TPSA) is 34.9 Å². The molecule has 0 atom stereocenters. The number of hydrogen-bond acceptors (Lipinski definition) is 2. The van der Waals surface area contributed by atoms with Crippen LogP contribution in [0.5, 0.6) is 0 Å². The van der Waals surface area contributed by atoms with Crippen LogP contribution in [0, 0.1) is 18.6 Å². The molecular formula is C15H15BrF2N2O. The SMILES string of the molecule is CCn1nc(C)c(Br)c1CC(=O)Cc1ccc(F)cc1F. The van der Waals surface area contributed by atoms with Gasteiger partial charge in [-0.2, -0.15) is 5.10 Å². The molecule has 0 amide bonds. The van der Waals surface area contributed by atoms with Crippen LogP contribution in [-0.2, 0) is 24.2 Å². The van der Waals surface area contributed by atoms with Crippen LogP contribution < -0.4 is 0 Å². The van der Waals surface area contributed by atoms with Gasteiger partial charge in [-0.05, 0) is 41.4 Å². The van der Waals surface area contributed by atoms with Crippen molar-refractivity contribution in [3.8, 4) is 0 Å². The van der Waals surface area contributed by atoms with Crippen LogP contribution in [0.1, 0.15) is 23.9 Å². The number of halogens is 3. The predicted molar refractivity (Wildman–Crippen MR) is 79.1 cm³/mol. The number of hydrogen-bond donors (Lipinski definition) is 0. The Labute approximate surface area is 130 Å². The Balaban J connectivity index is 2.15. The lowest BCUT2D eigenvalue weighted by molar-refractivity contribution is -0.117. The Morgan fingerprint density at radius 3 is 2.67 bits per heavy atom. The van der Waals surface area contributed by atoms with E-state index in [2.05, 4.69) is 21.0 Å². The van der Waals surface area contributed by atoms with Crippen LogP contribution in [0.4, 0.5) is 8.78 Å². The molecule has 0 N–H and O–H groups in total. The summed E-state index contributed by atoms with van der Waals surface area (Å²) in [5.74, 6) is -1.48. The maximum atomic E-state index is 13.6. The van der Waals surface area contributed by atoms with Crippen molar-refractivity contribution in [1.29, 1.82) is 0 Å². The average Bonchev–Trinajstić information content (AvgIpc) is 2.69. The van der Waals surface area contributed by atoms with Gasteiger partial charge >= 0.3 is 0 Å². The number of Topliss-reactive ketones (excluding diaryl/α,β-unsaturated/α-hetero) is 1. The highest BCUT2D eigenvalue weighted by Gasteiger charge is 2.17. The minimum atomic E-state index is -0.692. The zero-order chi connectivity index (χ0) is 15.6. The van der Waals surface area contributed by atoms with Crippen molar-refractivity contribution in [1.82, 2.24) is 9.78 Å². The zero-order valence-electron chi connectivity index (χ0n) is 11.8. The summed E-state index contributed by atoms with van der Waals surface area (Å²) in [7, 11) is 0. The van der Waals surface area contributed by atoms with Gasteiger partial charge in [-0.3, -0.25) is 9.48 Å². The van der Waals surface area contributed by atoms with Crippen molar-refractivity contribution < 1.29 is 13.6 Å². The number of aryl methyl sites for hydroxylation is 2. The van der Waals surface area contributed by atoms with Crippen LogP contribution in [-0.4, -0.2) is 15.6 Å². The van der Waals surface area contributed by atoms with Crippen molar-refractivity contribution in [2.45, 2.75) is 33.2 Å². The van der Waals surface area contributed by atoms with E-state index in [0.29, 0.717) is 6.54 Å². The minimum absolute atomic E-state index is 0.0630. The Kier molecular flexibility index (Phi) is 4.88. The van der Waals surface area contributed by atoms with Crippen molar-refractivity contribution in [3.05, 3.63) is 51.3 Å². The van der Waals surface area contributed by atoms with E-state index >= 15 is 0 Å². The number of benzene rings is 1. The molecule has 2 rings (SSSR count). The van der Waals surface area contributed by atoms with Gasteiger partial charge in [-0.1, -0.05) is 6.07 Å². The standard InChI is InChI=1S/C15H15BrF2N2O/c1-3-20-14(15(16)9(2)19-20)8-12(21)6-10-4-5-11(17)7-13(10)18/h4-5,7H,3,6,8H2,1-2H3. The molecule has 0 spiro atoms. The molecule has 0 saturated heterocycles. The molecule has 112 valence electrons. The van der Waals surface area contributed by atoms with E-state index in [1.54, 1.807) is 4.68 Å². The van der Waals surface area contributed by atoms with Gasteiger partial charge in [0, 0.05) is 25.5 Å². The summed E-state index contributed by atoms with van der Waals surface area (Å²) in [5, 5.41) is 4.31. The fourth-order valence-corrected chi connectivity index (χ4v) is 2.59. The first-order valence-electron chi connectivity index (χ1n) is 6.59. The Hall–Kier alpha value is -1.56. The molecule has 0 bridgehead atoms. The van der Waals surface area contributed by atoms with Gasteiger partial charge in [0.25, 0.3) is 0 Å². The Morgan fingerprint density at radius 2 is 2.05 bits per heavy atom. The molecule has 0 radical (unpaired) electrons. The molecule has 0 aliphatic carbocycles. The fourth-order valence-electron chi connectivity index (χ4n) is 2.16. The summed E-state index contributed by atoms with van der Waals surface area (Å²) in [6.45, 7) is 4.44. The Morgan fingerprint density at radius 1 is 1.33 bits per heavy atom. The second-order valence-electron chi connectivity index (χ2n) is 4.79. The zero-order valence-corrected chi connectivity index (χ0v) is 13.4. The first-order valence-corrected chi connectivity index (χ1v) is 7.39. The van der Waals surface area contributed by atoms with E-state index in [4.69, 9.17) is 0 Å². The van der Waals surface area contributed by atoms with Gasteiger partial charge in [-0.15, -0.1) is 0 Å². The van der Waals surface area contributed by atoms with Gasteiger partial charge in [0.05, 0.1) is 15.9 Å². The molecule has 0 aliphatic rings. The molecule has 2 aromatic rings. The van der Waals surface area contributed by atoms with Crippen LogP contribution in [0.2, 0.25) is 0 Å². The molecule has 1 aromatic carbocycles. The number of carbonyl (C=O) groups excluding carboxylic acids is 1. The van der Waals surface area contributed by atoms with Crippen LogP contribution in [0.25, 0.3) is 0 Å². The van der Waals surface area contributed by atoms with E-state index in [1.165, 1.54) is 6.07 Å². The van der Waals surface area contributed by atoms with Crippen molar-refractivity contribution in [3.63, 3.8) is 0 Å². The van der Waals surface area contributed by atoms with Gasteiger partial charge in [0.15, 0.2) is 0 Å². The van der Waals surface area contributed by atoms with Crippen LogP contribution >= 0.6 is 15.9 Å². The summed E-state index contributed by atoms with van der Waals surface area (Å²) in [6, 6.07) is 3.25. The molecule has 3 nitrogen and oxygen atoms in total. The molecule has 0 unspecified atom stereocenters. The van der Waals surface area contributed by atoms with E-state index in [9.17, 15) is 13.6 Å². The highest BCUT2D eigenvalue weighted by atomic mass is 79.9. The lowest BCUT2D eigenvalue weighted by atomic mass is 10.0. The molecule has 1 aromatic heterocycles. The third-order valence-electron chi connectivity index (χ3n) is 3.22. The summed E-state index contributed by atoms with van der Waals surface area (Å²) in [5.41, 5.74) is 1.80. The van der Waals surface area contributed by atoms with Crippen molar-refractivity contribution in [2.24, 2.45) is 0 Å². The Bertz CT molecular complexity index is 683. The van der Waals surface area contributed by atoms with Gasteiger partial charge in [0.1, 0.15) is 17.4 Å². The quantitative estimate of drug-likeness (QED) is 0.820. The molecule has 21 heavy (non-hydrogen) atoms. The predicted octanol–water partition coefficient (Wildman–Crippen LogP) is 3.61. The molecule has 0 aliphatic heterocycles. The van der Waals surface area contributed by atoms with Crippen molar-refractivity contribution >= 4 is 21.7 Å². The highest BCUT2D eigenvalue weighted by molar-refractivity contribution is 9.10. The fraction of sp³-hybridized carbons (Fsp3) is 0.333. The van der Waals surface area contributed by atoms with E-state index in [-0.39, 0.29) is 24.2 Å². The summed E-state index contributed by atoms with van der Waals surface area (Å²) < 4.78 is 29.0. The monoisotopic (exact) mass is 356 g/mol. The number of nitrogens with zero attached hydrogens (tertiary/aromatic N) is 2. The summed E-state index contributed by atoms with van der Waals surface area (Å²) in [6.07, 6.45) is 0.0958. The third kappa shape index (κ3) is 3.56. The number of carbonyl (C=O) groups is 1. The third-order valence-corrected chi connectivity index (χ3v) is 4.25. The summed E-state index contributed by atoms with van der Waals surface area (Å²) in [4.78, 5) is 12.1. The first-order chi connectivity index (χ1) is 9.92. The molecular weight excluding hydrogens is 342 g/mol. The van der Waals surface area contributed by atoms with Crippen LogP contribution in [0.3, 0.4) is 0 Å². The average molecular weight is 357 g/mol. The first kappa shape index (κ1) is 15.8. The maximum Gasteiger partial charge on any atom is 0.143 e. The lowest BCUT2D eigenvalue weighted by Crippen LogP contribution is -2.12. The molecule has 6 heteroatoms. The van der Waals surface area contributed by atoms with Crippen LogP contribution in [0.15, 0.2) is 22.7 Å². The van der Waals surface area contributed by atoms with Crippen molar-refractivity contribution in [2.75, 3.05) is 0 Å². The number of ketones is 1. The molecule has 1 heterocycles. The second-order valence-corrected chi connectivity index (χ2v) is 5.58. The smallest absolute Gasteiger partial charge is 0.143 e. The highest BCUT2D eigenvalue weighted by Crippen LogP contribution is 2.22. The van der Waals surface area contributed by atoms with Gasteiger partial charge < -0.3 is 0 Å². The molecule has 0 fully saturated rings. The number of aromatic nitrogens is 2. The van der Waals surface area contributed by atoms with E-state index < -0.39 is 11.6 Å². The normalized spacial score (nSPS) is 10.9. The number of rotatable bonds is 5. The lowest BCUT2D eigenvalue weighted by Gasteiger charge is -2.06. The minimum Gasteiger partial charge on any atom is -0.299 e. The van der Waals surface area contributed by atoms with E-state index in [0.717, 1.165) is 28.0 Å². The molecule has 0 saturated carbocycles. The largest absolute Gasteiger partial charge is 0.299 e. The summed E-state index contributed by atoms with van der Waals surface area (Å²) >= 11 is 3.42.